The smallest absolute Gasteiger partial charge is 0.410 e. The summed E-state index contributed by atoms with van der Waals surface area (Å²) in [6.07, 6.45) is 6.20. The molecule has 2 rings (SSSR count). The molecule has 0 atom stereocenters. The Balaban J connectivity index is 1.83. The maximum atomic E-state index is 12.0. The number of nitrogens with two attached hydrogens (primary N) is 1. The Labute approximate surface area is 126 Å². The molecule has 1 aromatic heterocycles. The normalized spacial score (nSPS) is 16.8. The van der Waals surface area contributed by atoms with E-state index in [-0.39, 0.29) is 6.09 Å². The Kier molecular flexibility index (Phi) is 4.70. The van der Waals surface area contributed by atoms with Gasteiger partial charge in [0.05, 0.1) is 11.9 Å². The van der Waals surface area contributed by atoms with Gasteiger partial charge in [-0.1, -0.05) is 0 Å². The molecule has 1 amide bonds. The van der Waals surface area contributed by atoms with E-state index < -0.39 is 5.60 Å². The molecule has 2 N–H and O–H groups in total. The van der Waals surface area contributed by atoms with Crippen molar-refractivity contribution in [3.63, 3.8) is 0 Å². The maximum absolute atomic E-state index is 12.0. The highest BCUT2D eigenvalue weighted by Crippen LogP contribution is 2.24. The third-order valence-corrected chi connectivity index (χ3v) is 3.72. The van der Waals surface area contributed by atoms with E-state index in [0.717, 1.165) is 43.6 Å². The van der Waals surface area contributed by atoms with Gasteiger partial charge >= 0.3 is 6.09 Å². The van der Waals surface area contributed by atoms with Gasteiger partial charge in [0.15, 0.2) is 0 Å². The van der Waals surface area contributed by atoms with E-state index in [0.29, 0.717) is 5.92 Å². The van der Waals surface area contributed by atoms with E-state index in [1.54, 1.807) is 17.3 Å². The van der Waals surface area contributed by atoms with Crippen LogP contribution in [0.4, 0.5) is 10.5 Å². The first-order chi connectivity index (χ1) is 9.85. The van der Waals surface area contributed by atoms with Gasteiger partial charge in [-0.3, -0.25) is 4.98 Å². The predicted octanol–water partition coefficient (Wildman–Crippen LogP) is 2.85. The quantitative estimate of drug-likeness (QED) is 0.909. The lowest BCUT2D eigenvalue weighted by atomic mass is 9.90. The Morgan fingerprint density at radius 1 is 1.43 bits per heavy atom. The first-order valence-corrected chi connectivity index (χ1v) is 7.51. The fourth-order valence-electron chi connectivity index (χ4n) is 2.58. The molecule has 1 aromatic rings. The number of ether oxygens (including phenoxy) is 1. The molecule has 0 bridgehead atoms. The van der Waals surface area contributed by atoms with Crippen LogP contribution in [0.5, 0.6) is 0 Å². The summed E-state index contributed by atoms with van der Waals surface area (Å²) in [5, 5.41) is 0. The van der Waals surface area contributed by atoms with Crippen LogP contribution >= 0.6 is 0 Å². The predicted molar refractivity (Wildman–Crippen MR) is 82.9 cm³/mol. The fourth-order valence-corrected chi connectivity index (χ4v) is 2.58. The second kappa shape index (κ2) is 6.33. The molecule has 5 heteroatoms. The van der Waals surface area contributed by atoms with Crippen molar-refractivity contribution >= 4 is 11.8 Å². The van der Waals surface area contributed by atoms with Crippen LogP contribution < -0.4 is 5.73 Å². The second-order valence-electron chi connectivity index (χ2n) is 6.69. The van der Waals surface area contributed by atoms with Crippen LogP contribution in [0.15, 0.2) is 18.5 Å². The number of aromatic nitrogens is 1. The highest BCUT2D eigenvalue weighted by Gasteiger charge is 2.27. The molecular weight excluding hydrogens is 266 g/mol. The average Bonchev–Trinajstić information content (AvgIpc) is 2.40. The minimum Gasteiger partial charge on any atom is -0.444 e. The number of piperidine rings is 1. The lowest BCUT2D eigenvalue weighted by molar-refractivity contribution is 0.0184. The molecule has 116 valence electrons. The number of hydrogen-bond donors (Lipinski definition) is 1. The summed E-state index contributed by atoms with van der Waals surface area (Å²) in [5.41, 5.74) is 7.41. The topological polar surface area (TPSA) is 68.5 Å². The van der Waals surface area contributed by atoms with Crippen LogP contribution in [0.25, 0.3) is 0 Å². The average molecular weight is 291 g/mol. The van der Waals surface area contributed by atoms with Gasteiger partial charge < -0.3 is 15.4 Å². The van der Waals surface area contributed by atoms with Crippen LogP contribution in [0.2, 0.25) is 0 Å². The highest BCUT2D eigenvalue weighted by molar-refractivity contribution is 5.68. The van der Waals surface area contributed by atoms with Gasteiger partial charge in [-0.2, -0.15) is 0 Å². The molecule has 1 aliphatic rings. The fraction of sp³-hybridized carbons (Fsp3) is 0.625. The monoisotopic (exact) mass is 291 g/mol. The zero-order chi connectivity index (χ0) is 15.5. The largest absolute Gasteiger partial charge is 0.444 e. The number of anilines is 1. The van der Waals surface area contributed by atoms with Crippen LogP contribution in [0.1, 0.15) is 39.2 Å². The molecule has 1 fully saturated rings. The minimum absolute atomic E-state index is 0.204. The lowest BCUT2D eigenvalue weighted by Crippen LogP contribution is -2.42. The first kappa shape index (κ1) is 15.6. The molecular formula is C16H25N3O2. The van der Waals surface area contributed by atoms with Gasteiger partial charge in [0.2, 0.25) is 0 Å². The molecule has 0 aliphatic carbocycles. The third-order valence-electron chi connectivity index (χ3n) is 3.72. The zero-order valence-corrected chi connectivity index (χ0v) is 13.1. The van der Waals surface area contributed by atoms with Crippen molar-refractivity contribution in [3.05, 3.63) is 24.0 Å². The Bertz CT molecular complexity index is 489. The number of likely N-dealkylation sites (tertiary alicyclic amines) is 1. The molecule has 1 saturated heterocycles. The van der Waals surface area contributed by atoms with Crippen LogP contribution in [-0.4, -0.2) is 34.7 Å². The van der Waals surface area contributed by atoms with Gasteiger partial charge in [-0.05, 0) is 57.6 Å². The number of amides is 1. The highest BCUT2D eigenvalue weighted by atomic mass is 16.6. The van der Waals surface area contributed by atoms with Gasteiger partial charge in [-0.15, -0.1) is 0 Å². The molecule has 0 radical (unpaired) electrons. The van der Waals surface area contributed by atoms with Crippen molar-refractivity contribution in [2.24, 2.45) is 5.92 Å². The van der Waals surface area contributed by atoms with E-state index in [9.17, 15) is 4.79 Å². The molecule has 0 spiro atoms. The van der Waals surface area contributed by atoms with Crippen LogP contribution in [0.3, 0.4) is 0 Å². The van der Waals surface area contributed by atoms with E-state index in [1.165, 1.54) is 0 Å². The van der Waals surface area contributed by atoms with E-state index >= 15 is 0 Å². The lowest BCUT2D eigenvalue weighted by Gasteiger charge is -2.33. The van der Waals surface area contributed by atoms with Crippen molar-refractivity contribution in [2.45, 2.75) is 45.6 Å². The molecule has 21 heavy (non-hydrogen) atoms. The second-order valence-corrected chi connectivity index (χ2v) is 6.69. The molecule has 1 aliphatic heterocycles. The Hall–Kier alpha value is -1.78. The molecule has 5 nitrogen and oxygen atoms in total. The van der Waals surface area contributed by atoms with E-state index in [2.05, 4.69) is 4.98 Å². The van der Waals surface area contributed by atoms with Crippen LogP contribution in [0, 0.1) is 5.92 Å². The van der Waals surface area contributed by atoms with Crippen molar-refractivity contribution in [3.8, 4) is 0 Å². The van der Waals surface area contributed by atoms with Crippen molar-refractivity contribution < 1.29 is 9.53 Å². The summed E-state index contributed by atoms with van der Waals surface area (Å²) in [6, 6.07) is 1.98. The van der Waals surface area contributed by atoms with Crippen LogP contribution in [-0.2, 0) is 11.2 Å². The number of rotatable bonds is 2. The first-order valence-electron chi connectivity index (χ1n) is 7.51. The molecule has 0 aromatic carbocycles. The Morgan fingerprint density at radius 2 is 2.10 bits per heavy atom. The summed E-state index contributed by atoms with van der Waals surface area (Å²) in [5.74, 6) is 0.563. The number of pyridine rings is 1. The molecule has 2 heterocycles. The van der Waals surface area contributed by atoms with Gasteiger partial charge in [0.1, 0.15) is 5.60 Å². The summed E-state index contributed by atoms with van der Waals surface area (Å²) in [7, 11) is 0. The van der Waals surface area contributed by atoms with Crippen molar-refractivity contribution in [1.82, 2.24) is 9.88 Å². The number of nitrogens with zero attached hydrogens (tertiary/aromatic N) is 2. The SMILES string of the molecule is CC(C)(C)OC(=O)N1CCC(Cc2ccncc2N)CC1. The summed E-state index contributed by atoms with van der Waals surface area (Å²) in [4.78, 5) is 17.8. The molecule has 0 saturated carbocycles. The number of nitrogen functional groups attached to an aromatic ring is 1. The zero-order valence-electron chi connectivity index (χ0n) is 13.1. The third kappa shape index (κ3) is 4.62. The summed E-state index contributed by atoms with van der Waals surface area (Å²) >= 11 is 0. The summed E-state index contributed by atoms with van der Waals surface area (Å²) < 4.78 is 5.41. The van der Waals surface area contributed by atoms with Crippen molar-refractivity contribution in [2.75, 3.05) is 18.8 Å². The minimum atomic E-state index is -0.431. The van der Waals surface area contributed by atoms with Crippen molar-refractivity contribution in [1.29, 1.82) is 0 Å². The summed E-state index contributed by atoms with van der Waals surface area (Å²) in [6.45, 7) is 7.19. The number of carbonyl (C=O) groups is 1. The number of hydrogen-bond acceptors (Lipinski definition) is 4. The van der Waals surface area contributed by atoms with E-state index in [4.69, 9.17) is 10.5 Å². The van der Waals surface area contributed by atoms with Gasteiger partial charge in [0.25, 0.3) is 0 Å². The van der Waals surface area contributed by atoms with E-state index in [1.807, 2.05) is 26.8 Å². The standard InChI is InChI=1S/C16H25N3O2/c1-16(2,3)21-15(20)19-8-5-12(6-9-19)10-13-4-7-18-11-14(13)17/h4,7,11-12H,5-6,8-10,17H2,1-3H3. The maximum Gasteiger partial charge on any atom is 0.410 e. The van der Waals surface area contributed by atoms with Gasteiger partial charge in [0, 0.05) is 19.3 Å². The molecule has 0 unspecified atom stereocenters. The number of carbonyl (C=O) groups excluding carboxylic acids is 1. The van der Waals surface area contributed by atoms with Gasteiger partial charge in [-0.25, -0.2) is 4.79 Å². The Morgan fingerprint density at radius 3 is 2.67 bits per heavy atom.